The molecular weight excluding hydrogens is 102 g/mol. The molecule has 1 saturated heterocycles. The number of hydrogen-bond acceptors (Lipinski definition) is 1. The van der Waals surface area contributed by atoms with Gasteiger partial charge in [0.1, 0.15) is 0 Å². The van der Waals surface area contributed by atoms with Gasteiger partial charge in [0.2, 0.25) is 5.91 Å². The van der Waals surface area contributed by atoms with Gasteiger partial charge in [-0.05, 0) is 6.42 Å². The van der Waals surface area contributed by atoms with Gasteiger partial charge in [-0.1, -0.05) is 13.3 Å². The van der Waals surface area contributed by atoms with Gasteiger partial charge in [0, 0.05) is 6.54 Å². The number of rotatable bonds is 2. The van der Waals surface area contributed by atoms with Crippen LogP contribution in [0.4, 0.5) is 0 Å². The van der Waals surface area contributed by atoms with Crippen LogP contribution in [0.3, 0.4) is 0 Å². The Morgan fingerprint density at radius 3 is 2.75 bits per heavy atom. The van der Waals surface area contributed by atoms with Crippen molar-refractivity contribution in [2.24, 2.45) is 5.92 Å². The van der Waals surface area contributed by atoms with Crippen molar-refractivity contribution in [2.45, 2.75) is 19.8 Å². The molecular formula is C6H11NO. The molecule has 1 N–H and O–H groups in total. The summed E-state index contributed by atoms with van der Waals surface area (Å²) in [5.41, 5.74) is 0. The maximum atomic E-state index is 10.5. The quantitative estimate of drug-likeness (QED) is 0.520. The molecule has 1 rings (SSSR count). The molecule has 1 fully saturated rings. The molecule has 0 saturated carbocycles. The number of β-lactam (4-membered cyclic amide) rings is 1. The summed E-state index contributed by atoms with van der Waals surface area (Å²) in [6, 6.07) is 0. The first kappa shape index (κ1) is 5.60. The highest BCUT2D eigenvalue weighted by atomic mass is 16.2. The van der Waals surface area contributed by atoms with Crippen LogP contribution in [-0.2, 0) is 4.79 Å². The van der Waals surface area contributed by atoms with Gasteiger partial charge in [-0.15, -0.1) is 0 Å². The molecule has 1 heterocycles. The van der Waals surface area contributed by atoms with E-state index in [0.717, 1.165) is 19.4 Å². The fraction of sp³-hybridized carbons (Fsp3) is 0.833. The summed E-state index contributed by atoms with van der Waals surface area (Å²) in [6.45, 7) is 3.01. The van der Waals surface area contributed by atoms with Gasteiger partial charge in [0.05, 0.1) is 5.92 Å². The van der Waals surface area contributed by atoms with E-state index in [1.807, 2.05) is 0 Å². The number of hydrogen-bond donors (Lipinski definition) is 1. The molecule has 0 aliphatic carbocycles. The van der Waals surface area contributed by atoms with Crippen LogP contribution in [0.25, 0.3) is 0 Å². The first-order chi connectivity index (χ1) is 3.84. The maximum Gasteiger partial charge on any atom is 0.224 e. The fourth-order valence-electron chi connectivity index (χ4n) is 0.911. The summed E-state index contributed by atoms with van der Waals surface area (Å²) < 4.78 is 0. The molecule has 0 aromatic carbocycles. The predicted octanol–water partition coefficient (Wildman–Crippen LogP) is 0.532. The molecule has 0 aromatic rings. The lowest BCUT2D eigenvalue weighted by Crippen LogP contribution is -2.48. The number of amides is 1. The maximum absolute atomic E-state index is 10.5. The molecule has 46 valence electrons. The van der Waals surface area contributed by atoms with Crippen molar-refractivity contribution >= 4 is 5.91 Å². The highest BCUT2D eigenvalue weighted by Crippen LogP contribution is 2.11. The summed E-state index contributed by atoms with van der Waals surface area (Å²) >= 11 is 0. The van der Waals surface area contributed by atoms with Crippen molar-refractivity contribution in [3.05, 3.63) is 0 Å². The van der Waals surface area contributed by atoms with E-state index in [9.17, 15) is 4.79 Å². The topological polar surface area (TPSA) is 29.1 Å². The Morgan fingerprint density at radius 1 is 1.88 bits per heavy atom. The van der Waals surface area contributed by atoms with Crippen molar-refractivity contribution in [1.29, 1.82) is 0 Å². The van der Waals surface area contributed by atoms with E-state index in [0.29, 0.717) is 5.92 Å². The summed E-state index contributed by atoms with van der Waals surface area (Å²) in [4.78, 5) is 10.5. The molecule has 1 aliphatic rings. The van der Waals surface area contributed by atoms with Crippen LogP contribution in [0.5, 0.6) is 0 Å². The standard InChI is InChI=1S/C6H11NO/c1-2-3-5-4-7-6(5)8/h5H,2-4H2,1H3,(H,7,8). The van der Waals surface area contributed by atoms with E-state index in [4.69, 9.17) is 0 Å². The Hall–Kier alpha value is -0.530. The van der Waals surface area contributed by atoms with Crippen molar-refractivity contribution in [3.63, 3.8) is 0 Å². The van der Waals surface area contributed by atoms with Crippen molar-refractivity contribution in [3.8, 4) is 0 Å². The monoisotopic (exact) mass is 113 g/mol. The molecule has 2 nitrogen and oxygen atoms in total. The Kier molecular flexibility index (Phi) is 1.51. The first-order valence-electron chi connectivity index (χ1n) is 3.12. The van der Waals surface area contributed by atoms with Crippen LogP contribution in [0, 0.1) is 5.92 Å². The second kappa shape index (κ2) is 2.16. The van der Waals surface area contributed by atoms with E-state index >= 15 is 0 Å². The average molecular weight is 113 g/mol. The van der Waals surface area contributed by atoms with Gasteiger partial charge in [0.15, 0.2) is 0 Å². The highest BCUT2D eigenvalue weighted by molar-refractivity contribution is 5.84. The fourth-order valence-corrected chi connectivity index (χ4v) is 0.911. The van der Waals surface area contributed by atoms with Crippen LogP contribution in [0.15, 0.2) is 0 Å². The second-order valence-electron chi connectivity index (χ2n) is 2.23. The number of nitrogens with one attached hydrogen (secondary N) is 1. The highest BCUT2D eigenvalue weighted by Gasteiger charge is 2.25. The lowest BCUT2D eigenvalue weighted by molar-refractivity contribution is -0.131. The zero-order valence-corrected chi connectivity index (χ0v) is 5.11. The molecule has 1 atom stereocenters. The van der Waals surface area contributed by atoms with E-state index in [-0.39, 0.29) is 5.91 Å². The van der Waals surface area contributed by atoms with Gasteiger partial charge in [-0.3, -0.25) is 4.79 Å². The molecule has 1 aliphatic heterocycles. The Labute approximate surface area is 49.3 Å². The van der Waals surface area contributed by atoms with E-state index in [1.165, 1.54) is 0 Å². The lowest BCUT2D eigenvalue weighted by Gasteiger charge is -2.24. The lowest BCUT2D eigenvalue weighted by atomic mass is 9.97. The molecule has 2 heteroatoms. The van der Waals surface area contributed by atoms with E-state index in [1.54, 1.807) is 0 Å². The van der Waals surface area contributed by atoms with Crippen molar-refractivity contribution < 1.29 is 4.79 Å². The third-order valence-electron chi connectivity index (χ3n) is 1.53. The first-order valence-corrected chi connectivity index (χ1v) is 3.12. The zero-order chi connectivity index (χ0) is 5.98. The van der Waals surface area contributed by atoms with Crippen LogP contribution < -0.4 is 5.32 Å². The van der Waals surface area contributed by atoms with Crippen molar-refractivity contribution in [2.75, 3.05) is 6.54 Å². The van der Waals surface area contributed by atoms with Gasteiger partial charge < -0.3 is 5.32 Å². The van der Waals surface area contributed by atoms with Gasteiger partial charge in [0.25, 0.3) is 0 Å². The second-order valence-corrected chi connectivity index (χ2v) is 2.23. The molecule has 0 spiro atoms. The van der Waals surface area contributed by atoms with Gasteiger partial charge in [-0.25, -0.2) is 0 Å². The summed E-state index contributed by atoms with van der Waals surface area (Å²) in [5, 5.41) is 2.70. The Balaban J connectivity index is 2.17. The Bertz CT molecular complexity index is 101. The van der Waals surface area contributed by atoms with Crippen molar-refractivity contribution in [1.82, 2.24) is 5.32 Å². The molecule has 0 bridgehead atoms. The third kappa shape index (κ3) is 0.831. The minimum absolute atomic E-state index is 0.242. The van der Waals surface area contributed by atoms with E-state index < -0.39 is 0 Å². The van der Waals surface area contributed by atoms with Crippen LogP contribution in [0.1, 0.15) is 19.8 Å². The van der Waals surface area contributed by atoms with Crippen LogP contribution >= 0.6 is 0 Å². The molecule has 1 amide bonds. The van der Waals surface area contributed by atoms with E-state index in [2.05, 4.69) is 12.2 Å². The largest absolute Gasteiger partial charge is 0.355 e. The summed E-state index contributed by atoms with van der Waals surface area (Å²) in [5.74, 6) is 0.590. The number of carbonyl (C=O) groups is 1. The normalized spacial score (nSPS) is 26.6. The molecule has 0 radical (unpaired) electrons. The molecule has 8 heavy (non-hydrogen) atoms. The molecule has 0 aromatic heterocycles. The summed E-state index contributed by atoms with van der Waals surface area (Å²) in [7, 11) is 0. The minimum atomic E-state index is 0.242. The predicted molar refractivity (Wildman–Crippen MR) is 31.4 cm³/mol. The summed E-state index contributed by atoms with van der Waals surface area (Å²) in [6.07, 6.45) is 2.18. The zero-order valence-electron chi connectivity index (χ0n) is 5.11. The minimum Gasteiger partial charge on any atom is -0.355 e. The number of carbonyl (C=O) groups excluding carboxylic acids is 1. The smallest absolute Gasteiger partial charge is 0.224 e. The van der Waals surface area contributed by atoms with Crippen LogP contribution in [0.2, 0.25) is 0 Å². The molecule has 1 unspecified atom stereocenters. The van der Waals surface area contributed by atoms with Crippen LogP contribution in [-0.4, -0.2) is 12.5 Å². The SMILES string of the molecule is CCCC1CNC1=O. The average Bonchev–Trinajstić information content (AvgIpc) is 1.79. The van der Waals surface area contributed by atoms with Gasteiger partial charge >= 0.3 is 0 Å². The third-order valence-corrected chi connectivity index (χ3v) is 1.53. The Morgan fingerprint density at radius 2 is 2.62 bits per heavy atom. The van der Waals surface area contributed by atoms with Gasteiger partial charge in [-0.2, -0.15) is 0 Å².